The minimum absolute atomic E-state index is 0.0438. The molecule has 1 atom stereocenters. The second-order valence-corrected chi connectivity index (χ2v) is 5.94. The zero-order valence-corrected chi connectivity index (χ0v) is 12.4. The molecule has 0 amide bonds. The molecule has 1 unspecified atom stereocenters. The Morgan fingerprint density at radius 2 is 2.37 bits per heavy atom. The molecule has 0 saturated heterocycles. The fourth-order valence-electron chi connectivity index (χ4n) is 1.93. The molecule has 0 radical (unpaired) electrons. The van der Waals surface area contributed by atoms with E-state index in [9.17, 15) is 0 Å². The number of hydrogen-bond acceptors (Lipinski definition) is 5. The maximum Gasteiger partial charge on any atom is 0.193 e. The van der Waals surface area contributed by atoms with Gasteiger partial charge in [-0.3, -0.25) is 20.7 Å². The highest BCUT2D eigenvalue weighted by molar-refractivity contribution is 9.10. The van der Waals surface area contributed by atoms with Crippen LogP contribution in [0.25, 0.3) is 4.96 Å². The predicted octanol–water partition coefficient (Wildman–Crippen LogP) is 2.30. The number of nitrogens with zero attached hydrogens (tertiary/aromatic N) is 3. The smallest absolute Gasteiger partial charge is 0.193 e. The van der Waals surface area contributed by atoms with Crippen molar-refractivity contribution >= 4 is 32.2 Å². The number of hydrazine groups is 1. The zero-order valence-electron chi connectivity index (χ0n) is 9.95. The highest BCUT2D eigenvalue weighted by atomic mass is 79.9. The molecular weight excluding hydrogens is 326 g/mol. The predicted molar refractivity (Wildman–Crippen MR) is 78.8 cm³/mol. The first-order valence-corrected chi connectivity index (χ1v) is 7.42. The van der Waals surface area contributed by atoms with Gasteiger partial charge in [0.25, 0.3) is 0 Å². The van der Waals surface area contributed by atoms with Gasteiger partial charge < -0.3 is 0 Å². The van der Waals surface area contributed by atoms with Crippen molar-refractivity contribution < 1.29 is 0 Å². The van der Waals surface area contributed by atoms with E-state index in [1.165, 1.54) is 0 Å². The second-order valence-electron chi connectivity index (χ2n) is 4.15. The third kappa shape index (κ3) is 2.69. The van der Waals surface area contributed by atoms with Crippen molar-refractivity contribution in [2.45, 2.75) is 12.5 Å². The average molecular weight is 338 g/mol. The first-order valence-electron chi connectivity index (χ1n) is 5.75. The molecule has 5 nitrogen and oxygen atoms in total. The van der Waals surface area contributed by atoms with Crippen LogP contribution < -0.4 is 11.3 Å². The molecule has 0 aromatic carbocycles. The largest absolute Gasteiger partial charge is 0.297 e. The van der Waals surface area contributed by atoms with E-state index in [0.29, 0.717) is 6.42 Å². The number of thiazole rings is 1. The number of nitrogens with two attached hydrogens (primary N) is 1. The van der Waals surface area contributed by atoms with E-state index in [1.54, 1.807) is 17.5 Å². The third-order valence-corrected chi connectivity index (χ3v) is 4.10. The molecule has 0 aliphatic rings. The lowest BCUT2D eigenvalue weighted by Gasteiger charge is -2.13. The molecule has 3 aromatic rings. The Kier molecular flexibility index (Phi) is 3.61. The Labute approximate surface area is 122 Å². The van der Waals surface area contributed by atoms with E-state index >= 15 is 0 Å². The molecule has 0 saturated carbocycles. The SMILES string of the molecule is NNC(Cc1cn2ccsc2n1)c1ccc(Br)cn1. The Hall–Kier alpha value is -1.28. The summed E-state index contributed by atoms with van der Waals surface area (Å²) in [6.45, 7) is 0. The van der Waals surface area contributed by atoms with Crippen molar-refractivity contribution in [2.24, 2.45) is 5.84 Å². The molecule has 3 rings (SSSR count). The first kappa shape index (κ1) is 12.7. The molecule has 7 heteroatoms. The van der Waals surface area contributed by atoms with E-state index in [1.807, 2.05) is 34.3 Å². The van der Waals surface area contributed by atoms with Crippen LogP contribution in [0.3, 0.4) is 0 Å². The maximum absolute atomic E-state index is 5.63. The summed E-state index contributed by atoms with van der Waals surface area (Å²) in [5, 5.41) is 2.01. The summed E-state index contributed by atoms with van der Waals surface area (Å²) in [5.41, 5.74) is 4.70. The van der Waals surface area contributed by atoms with Crippen molar-refractivity contribution in [1.82, 2.24) is 19.8 Å². The minimum atomic E-state index is -0.0438. The van der Waals surface area contributed by atoms with Gasteiger partial charge in [0.1, 0.15) is 0 Å². The lowest BCUT2D eigenvalue weighted by atomic mass is 10.1. The van der Waals surface area contributed by atoms with Gasteiger partial charge in [0.05, 0.1) is 17.4 Å². The molecule has 0 fully saturated rings. The summed E-state index contributed by atoms with van der Waals surface area (Å²) in [4.78, 5) is 9.91. The number of hydrogen-bond donors (Lipinski definition) is 2. The number of pyridine rings is 1. The number of halogens is 1. The first-order chi connectivity index (χ1) is 9.26. The number of fused-ring (bicyclic) bond motifs is 1. The van der Waals surface area contributed by atoms with Gasteiger partial charge >= 0.3 is 0 Å². The Bertz CT molecular complexity index is 646. The van der Waals surface area contributed by atoms with Gasteiger partial charge in [-0.25, -0.2) is 4.98 Å². The summed E-state index contributed by atoms with van der Waals surface area (Å²) >= 11 is 4.99. The van der Waals surface area contributed by atoms with Crippen LogP contribution >= 0.6 is 27.3 Å². The summed E-state index contributed by atoms with van der Waals surface area (Å²) in [6, 6.07) is 3.86. The lowest BCUT2D eigenvalue weighted by molar-refractivity contribution is 0.534. The molecule has 0 bridgehead atoms. The Morgan fingerprint density at radius 1 is 1.47 bits per heavy atom. The number of nitrogens with one attached hydrogen (secondary N) is 1. The quantitative estimate of drug-likeness (QED) is 0.566. The third-order valence-electron chi connectivity index (χ3n) is 2.86. The van der Waals surface area contributed by atoms with Crippen molar-refractivity contribution in [1.29, 1.82) is 0 Å². The summed E-state index contributed by atoms with van der Waals surface area (Å²) in [6.07, 6.45) is 6.50. The van der Waals surface area contributed by atoms with Gasteiger partial charge in [-0.05, 0) is 28.1 Å². The van der Waals surface area contributed by atoms with Crippen LogP contribution in [0.1, 0.15) is 17.4 Å². The monoisotopic (exact) mass is 337 g/mol. The Morgan fingerprint density at radius 3 is 3.05 bits per heavy atom. The fourth-order valence-corrected chi connectivity index (χ4v) is 2.88. The second kappa shape index (κ2) is 5.38. The van der Waals surface area contributed by atoms with Crippen LogP contribution in [0.15, 0.2) is 40.6 Å². The fraction of sp³-hybridized carbons (Fsp3) is 0.167. The van der Waals surface area contributed by atoms with E-state index in [-0.39, 0.29) is 6.04 Å². The van der Waals surface area contributed by atoms with Crippen molar-refractivity contribution in [2.75, 3.05) is 0 Å². The molecule has 3 heterocycles. The zero-order chi connectivity index (χ0) is 13.2. The lowest BCUT2D eigenvalue weighted by Crippen LogP contribution is -2.30. The van der Waals surface area contributed by atoms with Gasteiger partial charge in [0.15, 0.2) is 4.96 Å². The number of imidazole rings is 1. The van der Waals surface area contributed by atoms with E-state index in [4.69, 9.17) is 5.84 Å². The summed E-state index contributed by atoms with van der Waals surface area (Å²) in [7, 11) is 0. The van der Waals surface area contributed by atoms with Gasteiger partial charge in [-0.1, -0.05) is 0 Å². The van der Waals surface area contributed by atoms with Crippen molar-refractivity contribution in [3.8, 4) is 0 Å². The molecule has 0 spiro atoms. The number of rotatable bonds is 4. The van der Waals surface area contributed by atoms with Crippen LogP contribution in [0.4, 0.5) is 0 Å². The normalized spacial score (nSPS) is 12.9. The van der Waals surface area contributed by atoms with E-state index < -0.39 is 0 Å². The summed E-state index contributed by atoms with van der Waals surface area (Å²) in [5.74, 6) is 5.63. The molecule has 3 N–H and O–H groups in total. The van der Waals surface area contributed by atoms with Crippen LogP contribution in [-0.2, 0) is 6.42 Å². The number of aromatic nitrogens is 3. The topological polar surface area (TPSA) is 68.2 Å². The molecule has 19 heavy (non-hydrogen) atoms. The molecule has 98 valence electrons. The van der Waals surface area contributed by atoms with Crippen molar-refractivity contribution in [3.05, 3.63) is 52.0 Å². The Balaban J connectivity index is 1.83. The molecule has 3 aromatic heterocycles. The molecular formula is C12H12BrN5S. The standard InChI is InChI=1S/C12H12BrN5S/c13-8-1-2-10(15-6-8)11(17-14)5-9-7-18-3-4-19-12(18)16-9/h1-4,6-7,11,17H,5,14H2. The highest BCUT2D eigenvalue weighted by Gasteiger charge is 2.14. The highest BCUT2D eigenvalue weighted by Crippen LogP contribution is 2.19. The van der Waals surface area contributed by atoms with Crippen molar-refractivity contribution in [3.63, 3.8) is 0 Å². The van der Waals surface area contributed by atoms with Crippen LogP contribution in [-0.4, -0.2) is 14.4 Å². The van der Waals surface area contributed by atoms with Gasteiger partial charge in [0, 0.05) is 34.9 Å². The maximum atomic E-state index is 5.63. The molecule has 0 aliphatic carbocycles. The molecule has 0 aliphatic heterocycles. The van der Waals surface area contributed by atoms with Gasteiger partial charge in [-0.2, -0.15) is 0 Å². The van der Waals surface area contributed by atoms with Crippen LogP contribution in [0.5, 0.6) is 0 Å². The minimum Gasteiger partial charge on any atom is -0.297 e. The van der Waals surface area contributed by atoms with Crippen LogP contribution in [0, 0.1) is 0 Å². The average Bonchev–Trinajstić information content (AvgIpc) is 2.98. The van der Waals surface area contributed by atoms with Crippen LogP contribution in [0.2, 0.25) is 0 Å². The van der Waals surface area contributed by atoms with Gasteiger partial charge in [-0.15, -0.1) is 11.3 Å². The van der Waals surface area contributed by atoms with E-state index in [0.717, 1.165) is 20.8 Å². The van der Waals surface area contributed by atoms with E-state index in [2.05, 4.69) is 31.3 Å². The van der Waals surface area contributed by atoms with Gasteiger partial charge in [0.2, 0.25) is 0 Å². The summed E-state index contributed by atoms with van der Waals surface area (Å²) < 4.78 is 2.97.